The molecule has 4 heteroatoms. The van der Waals surface area contributed by atoms with Crippen LogP contribution in [0.2, 0.25) is 0 Å². The third-order valence-electron chi connectivity index (χ3n) is 5.55. The van der Waals surface area contributed by atoms with Gasteiger partial charge in [-0.15, -0.1) is 0 Å². The second-order valence-corrected chi connectivity index (χ2v) is 6.65. The summed E-state index contributed by atoms with van der Waals surface area (Å²) in [7, 11) is 0. The van der Waals surface area contributed by atoms with Gasteiger partial charge in [0, 0.05) is 25.0 Å². The summed E-state index contributed by atoms with van der Waals surface area (Å²) >= 11 is 0. The van der Waals surface area contributed by atoms with Crippen molar-refractivity contribution >= 4 is 5.91 Å². The van der Waals surface area contributed by atoms with E-state index in [1.54, 1.807) is 0 Å². The summed E-state index contributed by atoms with van der Waals surface area (Å²) < 4.78 is 0. The Morgan fingerprint density at radius 1 is 1.19 bits per heavy atom. The lowest BCUT2D eigenvalue weighted by molar-refractivity contribution is -0.137. The van der Waals surface area contributed by atoms with E-state index in [4.69, 9.17) is 0 Å². The monoisotopic (exact) mass is 296 g/mol. The Balaban J connectivity index is 2.05. The summed E-state index contributed by atoms with van der Waals surface area (Å²) in [5, 5.41) is 10.3. The maximum atomic E-state index is 12.6. The van der Waals surface area contributed by atoms with Crippen LogP contribution in [0.4, 0.5) is 0 Å². The third kappa shape index (κ3) is 3.59. The average Bonchev–Trinajstić information content (AvgIpc) is 2.97. The van der Waals surface area contributed by atoms with Gasteiger partial charge in [-0.25, -0.2) is 0 Å². The zero-order valence-electron chi connectivity index (χ0n) is 13.9. The number of carbonyl (C=O) groups excluding carboxylic acids is 1. The van der Waals surface area contributed by atoms with Gasteiger partial charge in [0.1, 0.15) is 0 Å². The van der Waals surface area contributed by atoms with Crippen LogP contribution in [0.15, 0.2) is 0 Å². The lowest BCUT2D eigenvalue weighted by atomic mass is 9.80. The van der Waals surface area contributed by atoms with E-state index in [2.05, 4.69) is 4.90 Å². The molecule has 1 aliphatic heterocycles. The second kappa shape index (κ2) is 7.59. The van der Waals surface area contributed by atoms with Crippen LogP contribution < -0.4 is 0 Å². The van der Waals surface area contributed by atoms with Crippen LogP contribution in [-0.4, -0.2) is 58.6 Å². The molecule has 21 heavy (non-hydrogen) atoms. The van der Waals surface area contributed by atoms with E-state index in [0.717, 1.165) is 51.7 Å². The maximum Gasteiger partial charge on any atom is 0.239 e. The molecule has 2 fully saturated rings. The molecule has 1 saturated heterocycles. The predicted octanol–water partition coefficient (Wildman–Crippen LogP) is 2.26. The number of carbonyl (C=O) groups is 1. The maximum absolute atomic E-state index is 12.6. The minimum atomic E-state index is -0.167. The zero-order valence-corrected chi connectivity index (χ0v) is 13.9. The minimum absolute atomic E-state index is 0.0495. The summed E-state index contributed by atoms with van der Waals surface area (Å²) in [6, 6.07) is 0.348. The van der Waals surface area contributed by atoms with Crippen LogP contribution in [0.25, 0.3) is 0 Å². The van der Waals surface area contributed by atoms with Gasteiger partial charge in [-0.2, -0.15) is 0 Å². The summed E-state index contributed by atoms with van der Waals surface area (Å²) in [6.07, 6.45) is 6.56. The van der Waals surface area contributed by atoms with E-state index in [1.165, 1.54) is 6.42 Å². The SMILES string of the molecule is CCN(CC)C(=O)C(C)N1CCCC1C1CCCCC1O. The van der Waals surface area contributed by atoms with Crippen molar-refractivity contribution < 1.29 is 9.90 Å². The number of hydrogen-bond donors (Lipinski definition) is 1. The van der Waals surface area contributed by atoms with Crippen LogP contribution in [-0.2, 0) is 4.79 Å². The molecule has 0 aromatic carbocycles. The van der Waals surface area contributed by atoms with E-state index in [0.29, 0.717) is 12.0 Å². The molecule has 1 heterocycles. The Morgan fingerprint density at radius 2 is 1.86 bits per heavy atom. The molecule has 1 aliphatic carbocycles. The van der Waals surface area contributed by atoms with Gasteiger partial charge in [-0.1, -0.05) is 12.8 Å². The second-order valence-electron chi connectivity index (χ2n) is 6.65. The molecule has 4 unspecified atom stereocenters. The summed E-state index contributed by atoms with van der Waals surface area (Å²) in [5.41, 5.74) is 0. The van der Waals surface area contributed by atoms with Gasteiger partial charge in [0.05, 0.1) is 12.1 Å². The lowest BCUT2D eigenvalue weighted by Gasteiger charge is -2.40. The minimum Gasteiger partial charge on any atom is -0.393 e. The van der Waals surface area contributed by atoms with Crippen molar-refractivity contribution in [2.45, 2.75) is 77.5 Å². The molecule has 1 N–H and O–H groups in total. The quantitative estimate of drug-likeness (QED) is 0.846. The van der Waals surface area contributed by atoms with Crippen LogP contribution >= 0.6 is 0 Å². The van der Waals surface area contributed by atoms with Crippen molar-refractivity contribution in [1.29, 1.82) is 0 Å². The van der Waals surface area contributed by atoms with Crippen molar-refractivity contribution in [3.05, 3.63) is 0 Å². The summed E-state index contributed by atoms with van der Waals surface area (Å²) in [4.78, 5) is 16.9. The molecule has 4 atom stereocenters. The molecule has 1 amide bonds. The molecule has 0 radical (unpaired) electrons. The van der Waals surface area contributed by atoms with Gasteiger partial charge in [-0.05, 0) is 53.0 Å². The van der Waals surface area contributed by atoms with Crippen LogP contribution in [0, 0.1) is 5.92 Å². The van der Waals surface area contributed by atoms with Crippen molar-refractivity contribution in [3.63, 3.8) is 0 Å². The fraction of sp³-hybridized carbons (Fsp3) is 0.941. The molecule has 2 rings (SSSR count). The molecule has 0 bridgehead atoms. The summed E-state index contributed by atoms with van der Waals surface area (Å²) in [6.45, 7) is 8.70. The molecular formula is C17H32N2O2. The number of aliphatic hydroxyl groups excluding tert-OH is 1. The van der Waals surface area contributed by atoms with Gasteiger partial charge in [0.15, 0.2) is 0 Å². The molecule has 4 nitrogen and oxygen atoms in total. The first-order valence-corrected chi connectivity index (χ1v) is 8.82. The number of amides is 1. The number of nitrogens with zero attached hydrogens (tertiary/aromatic N) is 2. The van der Waals surface area contributed by atoms with Gasteiger partial charge in [0.25, 0.3) is 0 Å². The topological polar surface area (TPSA) is 43.8 Å². The van der Waals surface area contributed by atoms with Crippen molar-refractivity contribution in [3.8, 4) is 0 Å². The highest BCUT2D eigenvalue weighted by Gasteiger charge is 2.40. The van der Waals surface area contributed by atoms with Crippen LogP contribution in [0.5, 0.6) is 0 Å². The Bertz CT molecular complexity index is 344. The molecule has 2 aliphatic rings. The Kier molecular flexibility index (Phi) is 6.06. The molecule has 0 spiro atoms. The van der Waals surface area contributed by atoms with Gasteiger partial charge in [0.2, 0.25) is 5.91 Å². The number of likely N-dealkylation sites (N-methyl/N-ethyl adjacent to an activating group) is 1. The zero-order chi connectivity index (χ0) is 15.4. The largest absolute Gasteiger partial charge is 0.393 e. The number of rotatable bonds is 5. The van der Waals surface area contributed by atoms with E-state index in [1.807, 2.05) is 25.7 Å². The first kappa shape index (κ1) is 16.8. The first-order valence-electron chi connectivity index (χ1n) is 8.82. The van der Waals surface area contributed by atoms with Crippen LogP contribution in [0.3, 0.4) is 0 Å². The van der Waals surface area contributed by atoms with Gasteiger partial charge >= 0.3 is 0 Å². The predicted molar refractivity (Wildman–Crippen MR) is 85.1 cm³/mol. The van der Waals surface area contributed by atoms with Gasteiger partial charge < -0.3 is 10.0 Å². The van der Waals surface area contributed by atoms with Crippen molar-refractivity contribution in [1.82, 2.24) is 9.80 Å². The number of aliphatic hydroxyl groups is 1. The number of likely N-dealkylation sites (tertiary alicyclic amines) is 1. The smallest absolute Gasteiger partial charge is 0.239 e. The van der Waals surface area contributed by atoms with Crippen molar-refractivity contribution in [2.75, 3.05) is 19.6 Å². The highest BCUT2D eigenvalue weighted by atomic mass is 16.3. The van der Waals surface area contributed by atoms with E-state index < -0.39 is 0 Å². The van der Waals surface area contributed by atoms with E-state index >= 15 is 0 Å². The fourth-order valence-corrected chi connectivity index (χ4v) is 4.29. The molecular weight excluding hydrogens is 264 g/mol. The number of hydrogen-bond acceptors (Lipinski definition) is 3. The highest BCUT2D eigenvalue weighted by Crippen LogP contribution is 2.35. The fourth-order valence-electron chi connectivity index (χ4n) is 4.29. The Morgan fingerprint density at radius 3 is 2.48 bits per heavy atom. The summed E-state index contributed by atoms with van der Waals surface area (Å²) in [5.74, 6) is 0.616. The Labute approximate surface area is 129 Å². The molecule has 0 aromatic rings. The van der Waals surface area contributed by atoms with Gasteiger partial charge in [-0.3, -0.25) is 9.69 Å². The average molecular weight is 296 g/mol. The lowest BCUT2D eigenvalue weighted by Crippen LogP contribution is -2.52. The normalized spacial score (nSPS) is 32.1. The van der Waals surface area contributed by atoms with E-state index in [-0.39, 0.29) is 18.1 Å². The molecule has 1 saturated carbocycles. The Hall–Kier alpha value is -0.610. The van der Waals surface area contributed by atoms with Crippen molar-refractivity contribution in [2.24, 2.45) is 5.92 Å². The first-order chi connectivity index (χ1) is 10.1. The third-order valence-corrected chi connectivity index (χ3v) is 5.55. The van der Waals surface area contributed by atoms with Crippen LogP contribution in [0.1, 0.15) is 59.3 Å². The molecule has 122 valence electrons. The highest BCUT2D eigenvalue weighted by molar-refractivity contribution is 5.81. The standard InChI is InChI=1S/C17H32N2O2/c1-4-18(5-2)17(21)13(3)19-12-8-10-15(19)14-9-6-7-11-16(14)20/h13-16,20H,4-12H2,1-3H3. The molecule has 0 aromatic heterocycles. The van der Waals surface area contributed by atoms with E-state index in [9.17, 15) is 9.90 Å².